The van der Waals surface area contributed by atoms with E-state index >= 15 is 0 Å². The van der Waals surface area contributed by atoms with Gasteiger partial charge in [0.05, 0.1) is 17.3 Å². The van der Waals surface area contributed by atoms with E-state index < -0.39 is 5.97 Å². The van der Waals surface area contributed by atoms with Gasteiger partial charge in [-0.3, -0.25) is 0 Å². The van der Waals surface area contributed by atoms with E-state index in [4.69, 9.17) is 16.3 Å². The normalized spacial score (nSPS) is 10.3. The average molecular weight is 267 g/mol. The highest BCUT2D eigenvalue weighted by molar-refractivity contribution is 6.32. The third-order valence-corrected chi connectivity index (χ3v) is 2.58. The molecule has 1 heterocycles. The Bertz CT molecular complexity index is 580. The zero-order valence-corrected chi connectivity index (χ0v) is 10.4. The summed E-state index contributed by atoms with van der Waals surface area (Å²) < 4.78 is 5.99. The van der Waals surface area contributed by atoms with Crippen LogP contribution in [0.15, 0.2) is 30.3 Å². The van der Waals surface area contributed by atoms with Crippen LogP contribution in [0, 0.1) is 0 Å². The quantitative estimate of drug-likeness (QED) is 0.867. The van der Waals surface area contributed by atoms with Crippen molar-refractivity contribution in [2.75, 3.05) is 6.61 Å². The maximum atomic E-state index is 11.5. The molecule has 0 fully saturated rings. The van der Waals surface area contributed by atoms with Crippen LogP contribution in [-0.2, 0) is 4.74 Å². The minimum Gasteiger partial charge on any atom is -0.493 e. The lowest BCUT2D eigenvalue weighted by Gasteiger charge is -2.04. The Kier molecular flexibility index (Phi) is 3.53. The number of benzene rings is 1. The van der Waals surface area contributed by atoms with Gasteiger partial charge in [0.25, 0.3) is 0 Å². The molecule has 0 saturated heterocycles. The first-order valence-corrected chi connectivity index (χ1v) is 5.72. The monoisotopic (exact) mass is 266 g/mol. The predicted octanol–water partition coefficient (Wildman–Crippen LogP) is 2.41. The van der Waals surface area contributed by atoms with Gasteiger partial charge in [-0.15, -0.1) is 0 Å². The summed E-state index contributed by atoms with van der Waals surface area (Å²) in [4.78, 5) is 11.5. The molecule has 0 unspecified atom stereocenters. The second-order valence-electron chi connectivity index (χ2n) is 3.47. The highest BCUT2D eigenvalue weighted by Gasteiger charge is 2.16. The van der Waals surface area contributed by atoms with Crippen molar-refractivity contribution in [1.82, 2.24) is 9.78 Å². The second-order valence-corrected chi connectivity index (χ2v) is 3.88. The Labute approximate surface area is 109 Å². The molecular formula is C12H11ClN2O3. The molecule has 1 aromatic carbocycles. The van der Waals surface area contributed by atoms with E-state index in [1.54, 1.807) is 31.2 Å². The van der Waals surface area contributed by atoms with Crippen LogP contribution >= 0.6 is 11.6 Å². The van der Waals surface area contributed by atoms with E-state index in [9.17, 15) is 9.90 Å². The van der Waals surface area contributed by atoms with Crippen LogP contribution in [0.4, 0.5) is 0 Å². The summed E-state index contributed by atoms with van der Waals surface area (Å²) in [7, 11) is 0. The van der Waals surface area contributed by atoms with Crippen molar-refractivity contribution < 1.29 is 14.6 Å². The van der Waals surface area contributed by atoms with Gasteiger partial charge in [-0.1, -0.05) is 23.7 Å². The second kappa shape index (κ2) is 5.10. The number of hydrogen-bond donors (Lipinski definition) is 1. The lowest BCUT2D eigenvalue weighted by atomic mass is 10.3. The molecule has 18 heavy (non-hydrogen) atoms. The molecule has 2 rings (SSSR count). The highest BCUT2D eigenvalue weighted by Crippen LogP contribution is 2.24. The minimum absolute atomic E-state index is 0.0364. The summed E-state index contributed by atoms with van der Waals surface area (Å²) in [6.45, 7) is 1.95. The molecule has 2 aromatic rings. The summed E-state index contributed by atoms with van der Waals surface area (Å²) in [6.07, 6.45) is 0. The Morgan fingerprint density at radius 2 is 2.22 bits per heavy atom. The number of ether oxygens (including phenoxy) is 1. The SMILES string of the molecule is CCOC(=O)c1cc(O)n(-c2ccccc2Cl)n1. The van der Waals surface area contributed by atoms with Gasteiger partial charge in [0.1, 0.15) is 0 Å². The van der Waals surface area contributed by atoms with Gasteiger partial charge in [-0.25, -0.2) is 4.79 Å². The van der Waals surface area contributed by atoms with E-state index in [0.29, 0.717) is 10.7 Å². The van der Waals surface area contributed by atoms with Gasteiger partial charge < -0.3 is 9.84 Å². The average Bonchev–Trinajstić information content (AvgIpc) is 2.72. The zero-order chi connectivity index (χ0) is 13.1. The Morgan fingerprint density at radius 3 is 2.89 bits per heavy atom. The number of aromatic nitrogens is 2. The summed E-state index contributed by atoms with van der Waals surface area (Å²) in [5.41, 5.74) is 0.529. The number of hydrogen-bond acceptors (Lipinski definition) is 4. The van der Waals surface area contributed by atoms with Crippen LogP contribution in [0.3, 0.4) is 0 Å². The molecule has 0 aliphatic rings. The van der Waals surface area contributed by atoms with Crippen LogP contribution in [0.1, 0.15) is 17.4 Å². The van der Waals surface area contributed by atoms with E-state index in [-0.39, 0.29) is 18.2 Å². The first kappa shape index (κ1) is 12.4. The van der Waals surface area contributed by atoms with Crippen molar-refractivity contribution in [3.05, 3.63) is 41.0 Å². The fraction of sp³-hybridized carbons (Fsp3) is 0.167. The first-order chi connectivity index (χ1) is 8.63. The third-order valence-electron chi connectivity index (χ3n) is 2.26. The Morgan fingerprint density at radius 1 is 1.50 bits per heavy atom. The first-order valence-electron chi connectivity index (χ1n) is 5.34. The number of rotatable bonds is 3. The molecular weight excluding hydrogens is 256 g/mol. The van der Waals surface area contributed by atoms with Crippen LogP contribution in [0.2, 0.25) is 5.02 Å². The Balaban J connectivity index is 2.42. The molecule has 0 spiro atoms. The van der Waals surface area contributed by atoms with Crippen molar-refractivity contribution in [3.8, 4) is 11.6 Å². The zero-order valence-electron chi connectivity index (χ0n) is 9.63. The number of carbonyl (C=O) groups excluding carboxylic acids is 1. The molecule has 0 radical (unpaired) electrons. The molecule has 5 nitrogen and oxygen atoms in total. The molecule has 0 amide bonds. The van der Waals surface area contributed by atoms with Gasteiger partial charge in [0.2, 0.25) is 5.88 Å². The van der Waals surface area contributed by atoms with Gasteiger partial charge in [-0.2, -0.15) is 9.78 Å². The minimum atomic E-state index is -0.585. The van der Waals surface area contributed by atoms with Crippen LogP contribution in [-0.4, -0.2) is 27.5 Å². The topological polar surface area (TPSA) is 64.3 Å². The maximum Gasteiger partial charge on any atom is 0.358 e. The van der Waals surface area contributed by atoms with E-state index in [2.05, 4.69) is 5.10 Å². The fourth-order valence-electron chi connectivity index (χ4n) is 1.48. The van der Waals surface area contributed by atoms with Gasteiger partial charge >= 0.3 is 5.97 Å². The van der Waals surface area contributed by atoms with Crippen molar-refractivity contribution in [2.24, 2.45) is 0 Å². The Hall–Kier alpha value is -2.01. The van der Waals surface area contributed by atoms with Crippen molar-refractivity contribution in [2.45, 2.75) is 6.92 Å². The molecule has 0 aliphatic carbocycles. The number of carbonyl (C=O) groups is 1. The standard InChI is InChI=1S/C12H11ClN2O3/c1-2-18-12(17)9-7-11(16)15(14-9)10-6-4-3-5-8(10)13/h3-7,16H,2H2,1H3. The number of halogens is 1. The molecule has 1 N–H and O–H groups in total. The lowest BCUT2D eigenvalue weighted by Crippen LogP contribution is -2.06. The largest absolute Gasteiger partial charge is 0.493 e. The number of esters is 1. The number of nitrogens with zero attached hydrogens (tertiary/aromatic N) is 2. The van der Waals surface area contributed by atoms with Gasteiger partial charge in [0, 0.05) is 6.07 Å². The van der Waals surface area contributed by atoms with E-state index in [1.165, 1.54) is 10.7 Å². The smallest absolute Gasteiger partial charge is 0.358 e. The summed E-state index contributed by atoms with van der Waals surface area (Å²) in [5, 5.41) is 14.1. The summed E-state index contributed by atoms with van der Waals surface area (Å²) >= 11 is 5.99. The lowest BCUT2D eigenvalue weighted by molar-refractivity contribution is 0.0519. The van der Waals surface area contributed by atoms with Gasteiger partial charge in [-0.05, 0) is 19.1 Å². The molecule has 0 aliphatic heterocycles. The van der Waals surface area contributed by atoms with Gasteiger partial charge in [0.15, 0.2) is 5.69 Å². The van der Waals surface area contributed by atoms with Crippen molar-refractivity contribution >= 4 is 17.6 Å². The summed E-state index contributed by atoms with van der Waals surface area (Å²) in [6, 6.07) is 8.11. The number of aromatic hydroxyl groups is 1. The van der Waals surface area contributed by atoms with Crippen molar-refractivity contribution in [1.29, 1.82) is 0 Å². The molecule has 0 atom stereocenters. The predicted molar refractivity (Wildman–Crippen MR) is 66.2 cm³/mol. The molecule has 94 valence electrons. The van der Waals surface area contributed by atoms with Crippen molar-refractivity contribution in [3.63, 3.8) is 0 Å². The van der Waals surface area contributed by atoms with Crippen LogP contribution < -0.4 is 0 Å². The highest BCUT2D eigenvalue weighted by atomic mass is 35.5. The van der Waals surface area contributed by atoms with Crippen LogP contribution in [0.5, 0.6) is 5.88 Å². The molecule has 0 bridgehead atoms. The molecule has 6 heteroatoms. The number of para-hydroxylation sites is 1. The van der Waals surface area contributed by atoms with Crippen LogP contribution in [0.25, 0.3) is 5.69 Å². The van der Waals surface area contributed by atoms with E-state index in [1.807, 2.05) is 0 Å². The fourth-order valence-corrected chi connectivity index (χ4v) is 1.69. The summed E-state index contributed by atoms with van der Waals surface area (Å²) in [5.74, 6) is -0.759. The molecule has 1 aromatic heterocycles. The molecule has 0 saturated carbocycles. The third kappa shape index (κ3) is 2.31. The maximum absolute atomic E-state index is 11.5. The van der Waals surface area contributed by atoms with E-state index in [0.717, 1.165) is 0 Å².